The Kier molecular flexibility index (Phi) is 11.4. The quantitative estimate of drug-likeness (QED) is 0.261. The zero-order chi connectivity index (χ0) is 17.2. The van der Waals surface area contributed by atoms with E-state index in [0.717, 1.165) is 18.1 Å². The summed E-state index contributed by atoms with van der Waals surface area (Å²) in [6, 6.07) is 7.92. The average molecular weight is 446 g/mol. The van der Waals surface area contributed by atoms with E-state index in [9.17, 15) is 4.79 Å². The van der Waals surface area contributed by atoms with Crippen molar-refractivity contribution in [1.82, 2.24) is 16.0 Å². The molecule has 1 unspecified atom stereocenters. The lowest BCUT2D eigenvalue weighted by Gasteiger charge is -2.20. The molecule has 0 aliphatic rings. The van der Waals surface area contributed by atoms with Gasteiger partial charge in [-0.1, -0.05) is 31.5 Å². The average Bonchev–Trinajstić information content (AvgIpc) is 2.51. The van der Waals surface area contributed by atoms with Gasteiger partial charge in [-0.2, -0.15) is 0 Å². The van der Waals surface area contributed by atoms with E-state index in [0.29, 0.717) is 30.6 Å². The highest BCUT2D eigenvalue weighted by Crippen LogP contribution is 2.03. The highest BCUT2D eigenvalue weighted by atomic mass is 127. The van der Waals surface area contributed by atoms with Crippen molar-refractivity contribution in [1.29, 1.82) is 0 Å². The van der Waals surface area contributed by atoms with Crippen LogP contribution in [0.25, 0.3) is 0 Å². The number of nitrogens with one attached hydrogen (secondary N) is 3. The smallest absolute Gasteiger partial charge is 0.251 e. The van der Waals surface area contributed by atoms with Crippen molar-refractivity contribution in [3.8, 4) is 0 Å². The van der Waals surface area contributed by atoms with Crippen molar-refractivity contribution in [2.45, 2.75) is 40.7 Å². The molecule has 0 heterocycles. The molecule has 0 aliphatic carbocycles. The second-order valence-electron chi connectivity index (χ2n) is 6.06. The van der Waals surface area contributed by atoms with Gasteiger partial charge in [0.05, 0.1) is 6.54 Å². The van der Waals surface area contributed by atoms with Gasteiger partial charge in [-0.05, 0) is 38.8 Å². The highest BCUT2D eigenvalue weighted by Gasteiger charge is 2.09. The number of aliphatic imine (C=N–C) groups is 1. The van der Waals surface area contributed by atoms with Crippen LogP contribution in [-0.4, -0.2) is 37.5 Å². The van der Waals surface area contributed by atoms with Crippen molar-refractivity contribution in [2.24, 2.45) is 10.9 Å². The van der Waals surface area contributed by atoms with Crippen LogP contribution in [0.3, 0.4) is 0 Å². The molecule has 0 aromatic heterocycles. The zero-order valence-corrected chi connectivity index (χ0v) is 17.7. The molecule has 0 radical (unpaired) electrons. The van der Waals surface area contributed by atoms with Crippen LogP contribution in [0.1, 0.15) is 43.6 Å². The van der Waals surface area contributed by atoms with Gasteiger partial charge in [0.25, 0.3) is 5.91 Å². The number of halogens is 1. The van der Waals surface area contributed by atoms with Gasteiger partial charge in [-0.25, -0.2) is 0 Å². The number of aryl methyl sites for hydroxylation is 1. The lowest BCUT2D eigenvalue weighted by Crippen LogP contribution is -2.44. The Labute approximate surface area is 163 Å². The van der Waals surface area contributed by atoms with Crippen molar-refractivity contribution in [3.63, 3.8) is 0 Å². The predicted octanol–water partition coefficient (Wildman–Crippen LogP) is 2.94. The third-order valence-corrected chi connectivity index (χ3v) is 3.66. The van der Waals surface area contributed by atoms with Crippen molar-refractivity contribution in [2.75, 3.05) is 19.6 Å². The molecule has 0 saturated heterocycles. The van der Waals surface area contributed by atoms with Crippen LogP contribution in [0.4, 0.5) is 0 Å². The maximum Gasteiger partial charge on any atom is 0.251 e. The van der Waals surface area contributed by atoms with E-state index in [2.05, 4.69) is 41.7 Å². The van der Waals surface area contributed by atoms with Gasteiger partial charge in [0.2, 0.25) is 0 Å². The molecule has 1 rings (SSSR count). The molecule has 5 nitrogen and oxygen atoms in total. The Hall–Kier alpha value is -1.31. The SMILES string of the molecule is CCNC(=NCCNC(=O)c1cccc(C)c1)NC(C)C(C)C.I. The fourth-order valence-corrected chi connectivity index (χ4v) is 1.93. The van der Waals surface area contributed by atoms with Gasteiger partial charge in [0.1, 0.15) is 0 Å². The topological polar surface area (TPSA) is 65.5 Å². The molecule has 0 fully saturated rings. The molecule has 0 bridgehead atoms. The minimum Gasteiger partial charge on any atom is -0.357 e. The second-order valence-corrected chi connectivity index (χ2v) is 6.06. The molecule has 0 spiro atoms. The molecule has 0 aliphatic heterocycles. The summed E-state index contributed by atoms with van der Waals surface area (Å²) in [6.45, 7) is 12.4. The van der Waals surface area contributed by atoms with E-state index in [1.165, 1.54) is 0 Å². The second kappa shape index (κ2) is 12.1. The number of rotatable bonds is 7. The fraction of sp³-hybridized carbons (Fsp3) is 0.556. The fourth-order valence-electron chi connectivity index (χ4n) is 1.93. The summed E-state index contributed by atoms with van der Waals surface area (Å²) >= 11 is 0. The van der Waals surface area contributed by atoms with Crippen LogP contribution >= 0.6 is 24.0 Å². The van der Waals surface area contributed by atoms with Gasteiger partial charge in [0, 0.05) is 24.7 Å². The Morgan fingerprint density at radius 2 is 1.92 bits per heavy atom. The van der Waals surface area contributed by atoms with E-state index in [1.54, 1.807) is 0 Å². The lowest BCUT2D eigenvalue weighted by molar-refractivity contribution is 0.0954. The molecule has 1 amide bonds. The van der Waals surface area contributed by atoms with Gasteiger partial charge in [0.15, 0.2) is 5.96 Å². The Bertz CT molecular complexity index is 532. The molecular formula is C18H31IN4O. The van der Waals surface area contributed by atoms with E-state index in [4.69, 9.17) is 0 Å². The summed E-state index contributed by atoms with van der Waals surface area (Å²) in [5.74, 6) is 1.26. The van der Waals surface area contributed by atoms with Crippen molar-refractivity contribution < 1.29 is 4.79 Å². The summed E-state index contributed by atoms with van der Waals surface area (Å²) in [7, 11) is 0. The Morgan fingerprint density at radius 1 is 1.21 bits per heavy atom. The maximum atomic E-state index is 12.0. The summed E-state index contributed by atoms with van der Waals surface area (Å²) in [5, 5.41) is 9.49. The van der Waals surface area contributed by atoms with Crippen LogP contribution in [-0.2, 0) is 0 Å². The van der Waals surface area contributed by atoms with Crippen molar-refractivity contribution >= 4 is 35.8 Å². The highest BCUT2D eigenvalue weighted by molar-refractivity contribution is 14.0. The van der Waals surface area contributed by atoms with Crippen LogP contribution in [0.2, 0.25) is 0 Å². The first kappa shape index (κ1) is 22.7. The van der Waals surface area contributed by atoms with E-state index < -0.39 is 0 Å². The zero-order valence-electron chi connectivity index (χ0n) is 15.3. The summed E-state index contributed by atoms with van der Waals surface area (Å²) in [4.78, 5) is 16.5. The molecule has 24 heavy (non-hydrogen) atoms. The summed E-state index contributed by atoms with van der Waals surface area (Å²) in [5.41, 5.74) is 1.77. The van der Waals surface area contributed by atoms with Crippen LogP contribution in [0.15, 0.2) is 29.3 Å². The third-order valence-electron chi connectivity index (χ3n) is 3.66. The molecular weight excluding hydrogens is 415 g/mol. The minimum atomic E-state index is -0.0580. The normalized spacial score (nSPS) is 12.3. The molecule has 1 atom stereocenters. The Morgan fingerprint density at radius 3 is 2.50 bits per heavy atom. The number of hydrogen-bond donors (Lipinski definition) is 3. The number of carbonyl (C=O) groups is 1. The first-order valence-corrected chi connectivity index (χ1v) is 8.33. The molecule has 6 heteroatoms. The van der Waals surface area contributed by atoms with Crippen LogP contribution < -0.4 is 16.0 Å². The first-order valence-electron chi connectivity index (χ1n) is 8.33. The minimum absolute atomic E-state index is 0. The standard InChI is InChI=1S/C18H30N4O.HI/c1-6-19-18(22-15(5)13(2)3)21-11-10-20-17(23)16-9-7-8-14(4)12-16;/h7-9,12-13,15H,6,10-11H2,1-5H3,(H,20,23)(H2,19,21,22);1H. The number of nitrogens with zero attached hydrogens (tertiary/aromatic N) is 1. The molecule has 0 saturated carbocycles. The lowest BCUT2D eigenvalue weighted by atomic mass is 10.1. The number of carbonyl (C=O) groups excluding carboxylic acids is 1. The maximum absolute atomic E-state index is 12.0. The number of amides is 1. The number of benzene rings is 1. The summed E-state index contributed by atoms with van der Waals surface area (Å²) in [6.07, 6.45) is 0. The predicted molar refractivity (Wildman–Crippen MR) is 112 cm³/mol. The summed E-state index contributed by atoms with van der Waals surface area (Å²) < 4.78 is 0. The van der Waals surface area contributed by atoms with Crippen LogP contribution in [0, 0.1) is 12.8 Å². The monoisotopic (exact) mass is 446 g/mol. The van der Waals surface area contributed by atoms with Crippen molar-refractivity contribution in [3.05, 3.63) is 35.4 Å². The Balaban J connectivity index is 0.00000529. The largest absolute Gasteiger partial charge is 0.357 e. The molecule has 1 aromatic rings. The number of guanidine groups is 1. The van der Waals surface area contributed by atoms with Crippen LogP contribution in [0.5, 0.6) is 0 Å². The van der Waals surface area contributed by atoms with Gasteiger partial charge in [-0.3, -0.25) is 9.79 Å². The van der Waals surface area contributed by atoms with E-state index >= 15 is 0 Å². The first-order chi connectivity index (χ1) is 10.9. The molecule has 1 aromatic carbocycles. The van der Waals surface area contributed by atoms with Gasteiger partial charge in [-0.15, -0.1) is 24.0 Å². The molecule has 136 valence electrons. The van der Waals surface area contributed by atoms with E-state index in [1.807, 2.05) is 38.1 Å². The van der Waals surface area contributed by atoms with Gasteiger partial charge >= 0.3 is 0 Å². The molecule has 3 N–H and O–H groups in total. The number of hydrogen-bond acceptors (Lipinski definition) is 2. The van der Waals surface area contributed by atoms with Gasteiger partial charge < -0.3 is 16.0 Å². The van der Waals surface area contributed by atoms with E-state index in [-0.39, 0.29) is 29.9 Å². The third kappa shape index (κ3) is 8.52.